The van der Waals surface area contributed by atoms with Crippen molar-refractivity contribution in [2.45, 2.75) is 13.8 Å². The number of rotatable bonds is 5. The van der Waals surface area contributed by atoms with Crippen molar-refractivity contribution in [3.8, 4) is 0 Å². The molecule has 2 nitrogen and oxygen atoms in total. The summed E-state index contributed by atoms with van der Waals surface area (Å²) in [6.07, 6.45) is 2.17. The highest BCUT2D eigenvalue weighted by Crippen LogP contribution is 2.12. The van der Waals surface area contributed by atoms with Gasteiger partial charge in [0.2, 0.25) is 0 Å². The van der Waals surface area contributed by atoms with Crippen molar-refractivity contribution in [1.29, 1.82) is 0 Å². The Balaban J connectivity index is 2.70. The second kappa shape index (κ2) is 6.25. The maximum atomic E-state index is 9.00. The van der Waals surface area contributed by atoms with Crippen LogP contribution in [0.5, 0.6) is 0 Å². The predicted molar refractivity (Wildman–Crippen MR) is 65.2 cm³/mol. The van der Waals surface area contributed by atoms with Crippen LogP contribution in [0.3, 0.4) is 0 Å². The second-order valence-corrected chi connectivity index (χ2v) is 3.79. The molecular weight excluding hydrogens is 186 g/mol. The van der Waals surface area contributed by atoms with Gasteiger partial charge in [-0.2, -0.15) is 0 Å². The largest absolute Gasteiger partial charge is 0.395 e. The molecule has 15 heavy (non-hydrogen) atoms. The van der Waals surface area contributed by atoms with Crippen molar-refractivity contribution in [1.82, 2.24) is 0 Å². The van der Waals surface area contributed by atoms with Crippen molar-refractivity contribution in [2.24, 2.45) is 0 Å². The number of anilines is 1. The van der Waals surface area contributed by atoms with E-state index < -0.39 is 0 Å². The standard InChI is InChI=1S/C13H19NO/c1-12(2)8-9-14(10-11-15)13-6-4-3-5-7-13/h3-8,15H,9-11H2,1-2H3. The molecule has 1 aromatic carbocycles. The van der Waals surface area contributed by atoms with Crippen molar-refractivity contribution in [2.75, 3.05) is 24.6 Å². The normalized spacial score (nSPS) is 9.80. The molecule has 0 aliphatic rings. The molecule has 0 saturated heterocycles. The Morgan fingerprint density at radius 2 is 1.93 bits per heavy atom. The fraction of sp³-hybridized carbons (Fsp3) is 0.385. The van der Waals surface area contributed by atoms with Crippen LogP contribution < -0.4 is 4.90 Å². The monoisotopic (exact) mass is 205 g/mol. The predicted octanol–water partition coefficient (Wildman–Crippen LogP) is 2.45. The van der Waals surface area contributed by atoms with Gasteiger partial charge in [-0.15, -0.1) is 0 Å². The molecule has 82 valence electrons. The lowest BCUT2D eigenvalue weighted by atomic mass is 10.2. The molecule has 0 aliphatic carbocycles. The summed E-state index contributed by atoms with van der Waals surface area (Å²) in [5.41, 5.74) is 2.46. The lowest BCUT2D eigenvalue weighted by molar-refractivity contribution is 0.303. The molecule has 0 unspecified atom stereocenters. The van der Waals surface area contributed by atoms with Gasteiger partial charge in [0.15, 0.2) is 0 Å². The van der Waals surface area contributed by atoms with E-state index in [1.165, 1.54) is 5.57 Å². The SMILES string of the molecule is CC(C)=CCN(CCO)c1ccccc1. The van der Waals surface area contributed by atoms with E-state index in [4.69, 9.17) is 5.11 Å². The highest BCUT2D eigenvalue weighted by molar-refractivity contribution is 5.46. The quantitative estimate of drug-likeness (QED) is 0.746. The zero-order chi connectivity index (χ0) is 11.1. The van der Waals surface area contributed by atoms with Crippen molar-refractivity contribution < 1.29 is 5.11 Å². The second-order valence-electron chi connectivity index (χ2n) is 3.79. The third-order valence-corrected chi connectivity index (χ3v) is 2.21. The van der Waals surface area contributed by atoms with Crippen LogP contribution in [0.2, 0.25) is 0 Å². The molecule has 0 spiro atoms. The summed E-state index contributed by atoms with van der Waals surface area (Å²) >= 11 is 0. The molecule has 0 heterocycles. The van der Waals surface area contributed by atoms with Crippen LogP contribution in [-0.4, -0.2) is 24.8 Å². The van der Waals surface area contributed by atoms with Gasteiger partial charge in [-0.05, 0) is 26.0 Å². The molecule has 0 aromatic heterocycles. The van der Waals surface area contributed by atoms with Crippen LogP contribution >= 0.6 is 0 Å². The molecule has 0 amide bonds. The summed E-state index contributed by atoms with van der Waals surface area (Å²) < 4.78 is 0. The Morgan fingerprint density at radius 3 is 2.47 bits per heavy atom. The van der Waals surface area contributed by atoms with E-state index in [9.17, 15) is 0 Å². The van der Waals surface area contributed by atoms with Crippen LogP contribution in [0.25, 0.3) is 0 Å². The average molecular weight is 205 g/mol. The van der Waals surface area contributed by atoms with Crippen molar-refractivity contribution >= 4 is 5.69 Å². The molecular formula is C13H19NO. The number of hydrogen-bond donors (Lipinski definition) is 1. The number of aliphatic hydroxyl groups is 1. The van der Waals surface area contributed by atoms with E-state index in [0.717, 1.165) is 12.2 Å². The van der Waals surface area contributed by atoms with E-state index in [1.54, 1.807) is 0 Å². The summed E-state index contributed by atoms with van der Waals surface area (Å²) in [5.74, 6) is 0. The minimum atomic E-state index is 0.186. The highest BCUT2D eigenvalue weighted by atomic mass is 16.3. The zero-order valence-electron chi connectivity index (χ0n) is 9.48. The van der Waals surface area contributed by atoms with Gasteiger partial charge in [0, 0.05) is 18.8 Å². The Hall–Kier alpha value is -1.28. The minimum absolute atomic E-state index is 0.186. The molecule has 2 heteroatoms. The average Bonchev–Trinajstić information content (AvgIpc) is 2.25. The third-order valence-electron chi connectivity index (χ3n) is 2.21. The van der Waals surface area contributed by atoms with Gasteiger partial charge in [-0.3, -0.25) is 0 Å². The fourth-order valence-electron chi connectivity index (χ4n) is 1.38. The first-order chi connectivity index (χ1) is 7.24. The van der Waals surface area contributed by atoms with Gasteiger partial charge >= 0.3 is 0 Å². The molecule has 0 aliphatic heterocycles. The van der Waals surface area contributed by atoms with Gasteiger partial charge in [-0.25, -0.2) is 0 Å². The first kappa shape index (κ1) is 11.8. The number of aliphatic hydroxyl groups excluding tert-OH is 1. The number of nitrogens with zero attached hydrogens (tertiary/aromatic N) is 1. The molecule has 0 radical (unpaired) electrons. The zero-order valence-corrected chi connectivity index (χ0v) is 9.48. The Morgan fingerprint density at radius 1 is 1.27 bits per heavy atom. The van der Waals surface area contributed by atoms with Gasteiger partial charge in [0.25, 0.3) is 0 Å². The van der Waals surface area contributed by atoms with Gasteiger partial charge in [-0.1, -0.05) is 29.8 Å². The summed E-state index contributed by atoms with van der Waals surface area (Å²) in [6.45, 7) is 5.89. The van der Waals surface area contributed by atoms with Gasteiger partial charge in [0.1, 0.15) is 0 Å². The Kier molecular flexibility index (Phi) is 4.91. The molecule has 0 atom stereocenters. The van der Waals surface area contributed by atoms with E-state index in [2.05, 4.69) is 37.0 Å². The van der Waals surface area contributed by atoms with E-state index in [-0.39, 0.29) is 6.61 Å². The molecule has 1 rings (SSSR count). The van der Waals surface area contributed by atoms with E-state index in [1.807, 2.05) is 18.2 Å². The van der Waals surface area contributed by atoms with Crippen molar-refractivity contribution in [3.05, 3.63) is 42.0 Å². The van der Waals surface area contributed by atoms with Gasteiger partial charge < -0.3 is 10.0 Å². The lowest BCUT2D eigenvalue weighted by Gasteiger charge is -2.22. The lowest BCUT2D eigenvalue weighted by Crippen LogP contribution is -2.26. The van der Waals surface area contributed by atoms with Crippen molar-refractivity contribution in [3.63, 3.8) is 0 Å². The smallest absolute Gasteiger partial charge is 0.0606 e. The summed E-state index contributed by atoms with van der Waals surface area (Å²) in [4.78, 5) is 2.16. The molecule has 0 bridgehead atoms. The van der Waals surface area contributed by atoms with Crippen LogP contribution in [0.15, 0.2) is 42.0 Å². The first-order valence-electron chi connectivity index (χ1n) is 5.28. The van der Waals surface area contributed by atoms with Crippen LogP contribution in [-0.2, 0) is 0 Å². The van der Waals surface area contributed by atoms with E-state index in [0.29, 0.717) is 6.54 Å². The third kappa shape index (κ3) is 4.17. The van der Waals surface area contributed by atoms with Crippen LogP contribution in [0.4, 0.5) is 5.69 Å². The van der Waals surface area contributed by atoms with Crippen LogP contribution in [0.1, 0.15) is 13.8 Å². The fourth-order valence-corrected chi connectivity index (χ4v) is 1.38. The van der Waals surface area contributed by atoms with E-state index >= 15 is 0 Å². The molecule has 0 saturated carbocycles. The van der Waals surface area contributed by atoms with Crippen LogP contribution in [0, 0.1) is 0 Å². The Bertz CT molecular complexity index is 302. The summed E-state index contributed by atoms with van der Waals surface area (Å²) in [5, 5.41) is 9.00. The maximum absolute atomic E-state index is 9.00. The molecule has 1 N–H and O–H groups in total. The Labute approximate surface area is 91.9 Å². The maximum Gasteiger partial charge on any atom is 0.0606 e. The number of benzene rings is 1. The number of para-hydroxylation sites is 1. The molecule has 1 aromatic rings. The number of allylic oxidation sites excluding steroid dienone is 1. The van der Waals surface area contributed by atoms with Gasteiger partial charge in [0.05, 0.1) is 6.61 Å². The number of hydrogen-bond acceptors (Lipinski definition) is 2. The molecule has 0 fully saturated rings. The summed E-state index contributed by atoms with van der Waals surface area (Å²) in [6, 6.07) is 10.2. The first-order valence-corrected chi connectivity index (χ1v) is 5.28. The topological polar surface area (TPSA) is 23.5 Å². The highest BCUT2D eigenvalue weighted by Gasteiger charge is 2.02. The minimum Gasteiger partial charge on any atom is -0.395 e. The summed E-state index contributed by atoms with van der Waals surface area (Å²) in [7, 11) is 0.